The van der Waals surface area contributed by atoms with Gasteiger partial charge in [0, 0.05) is 52.4 Å². The second kappa shape index (κ2) is 13.5. The number of benzene rings is 2. The molecule has 34 heavy (non-hydrogen) atoms. The van der Waals surface area contributed by atoms with Crippen molar-refractivity contribution in [3.05, 3.63) is 71.8 Å². The molecule has 1 heterocycles. The van der Waals surface area contributed by atoms with E-state index < -0.39 is 12.1 Å². The van der Waals surface area contributed by atoms with Crippen LogP contribution in [0.3, 0.4) is 0 Å². The molecule has 0 atom stereocenters. The highest BCUT2D eigenvalue weighted by atomic mass is 16.2. The van der Waals surface area contributed by atoms with Crippen molar-refractivity contribution in [1.29, 1.82) is 0 Å². The monoisotopic (exact) mass is 468 g/mol. The molecule has 6 N–H and O–H groups in total. The summed E-state index contributed by atoms with van der Waals surface area (Å²) in [6.45, 7) is 6.03. The minimum absolute atomic E-state index is 0.428. The predicted octanol–water partition coefficient (Wildman–Crippen LogP) is 0.775. The molecular weight excluding hydrogens is 432 g/mol. The van der Waals surface area contributed by atoms with Crippen LogP contribution in [0, 0.1) is 0 Å². The number of rotatable bonds is 6. The highest BCUT2D eigenvalue weighted by Gasteiger charge is 2.22. The Labute approximate surface area is 201 Å². The molecule has 3 rings (SSSR count). The van der Waals surface area contributed by atoms with E-state index in [1.54, 1.807) is 10.0 Å². The SMILES string of the molecule is NC(=O)N(Cc1ccccc1)N1CCNCCN(N(Cc2ccccc2)C(N)=O)CCNCC1. The molecule has 0 spiro atoms. The third-order valence-electron chi connectivity index (χ3n) is 5.73. The lowest BCUT2D eigenvalue weighted by atomic mass is 10.2. The topological polar surface area (TPSA) is 123 Å². The maximum atomic E-state index is 12.2. The molecular formula is C24H36N8O2. The predicted molar refractivity (Wildman–Crippen MR) is 132 cm³/mol. The average Bonchev–Trinajstić information content (AvgIpc) is 2.83. The van der Waals surface area contributed by atoms with Crippen molar-refractivity contribution in [2.75, 3.05) is 52.4 Å². The van der Waals surface area contributed by atoms with Crippen LogP contribution in [0.1, 0.15) is 11.1 Å². The highest BCUT2D eigenvalue weighted by Crippen LogP contribution is 2.09. The van der Waals surface area contributed by atoms with Gasteiger partial charge >= 0.3 is 12.1 Å². The number of carbonyl (C=O) groups excluding carboxylic acids is 2. The van der Waals surface area contributed by atoms with Gasteiger partial charge in [-0.25, -0.2) is 19.6 Å². The second-order valence-corrected chi connectivity index (χ2v) is 8.17. The number of amides is 4. The van der Waals surface area contributed by atoms with Gasteiger partial charge in [-0.1, -0.05) is 60.7 Å². The molecule has 0 aliphatic carbocycles. The molecule has 0 bridgehead atoms. The van der Waals surface area contributed by atoms with Gasteiger partial charge in [0.1, 0.15) is 0 Å². The highest BCUT2D eigenvalue weighted by molar-refractivity contribution is 5.71. The number of primary amides is 2. The number of nitrogens with two attached hydrogens (primary N) is 2. The Morgan fingerprint density at radius 1 is 0.647 bits per heavy atom. The van der Waals surface area contributed by atoms with Crippen LogP contribution in [0.2, 0.25) is 0 Å². The lowest BCUT2D eigenvalue weighted by molar-refractivity contribution is 0.00126. The molecule has 4 amide bonds. The van der Waals surface area contributed by atoms with Crippen LogP contribution >= 0.6 is 0 Å². The van der Waals surface area contributed by atoms with Gasteiger partial charge in [0.25, 0.3) is 0 Å². The summed E-state index contributed by atoms with van der Waals surface area (Å²) in [6.07, 6.45) is 0. The van der Waals surface area contributed by atoms with E-state index in [4.69, 9.17) is 11.5 Å². The van der Waals surface area contributed by atoms with Gasteiger partial charge in [-0.15, -0.1) is 0 Å². The van der Waals surface area contributed by atoms with Gasteiger partial charge in [0.05, 0.1) is 13.1 Å². The number of carbonyl (C=O) groups is 2. The minimum atomic E-state index is -0.472. The van der Waals surface area contributed by atoms with E-state index >= 15 is 0 Å². The number of nitrogens with one attached hydrogen (secondary N) is 2. The number of urea groups is 2. The van der Waals surface area contributed by atoms with E-state index in [0.29, 0.717) is 65.4 Å². The van der Waals surface area contributed by atoms with Crippen molar-refractivity contribution in [3.63, 3.8) is 0 Å². The van der Waals surface area contributed by atoms with E-state index in [-0.39, 0.29) is 0 Å². The summed E-state index contributed by atoms with van der Waals surface area (Å²) in [5.41, 5.74) is 13.5. The molecule has 0 unspecified atom stereocenters. The zero-order valence-electron chi connectivity index (χ0n) is 19.6. The fourth-order valence-corrected chi connectivity index (χ4v) is 3.94. The average molecular weight is 469 g/mol. The van der Waals surface area contributed by atoms with Gasteiger partial charge in [-0.3, -0.25) is 10.0 Å². The Morgan fingerprint density at radius 2 is 0.971 bits per heavy atom. The summed E-state index contributed by atoms with van der Waals surface area (Å²) >= 11 is 0. The van der Waals surface area contributed by atoms with E-state index in [0.717, 1.165) is 11.1 Å². The summed E-state index contributed by atoms with van der Waals surface area (Å²) < 4.78 is 0. The minimum Gasteiger partial charge on any atom is -0.350 e. The Hall–Kier alpha value is -3.18. The lowest BCUT2D eigenvalue weighted by Gasteiger charge is -2.36. The van der Waals surface area contributed by atoms with Gasteiger partial charge < -0.3 is 22.1 Å². The van der Waals surface area contributed by atoms with Crippen molar-refractivity contribution >= 4 is 12.1 Å². The zero-order chi connectivity index (χ0) is 24.2. The first-order valence-corrected chi connectivity index (χ1v) is 11.7. The Balaban J connectivity index is 1.59. The molecule has 0 aromatic heterocycles. The van der Waals surface area contributed by atoms with E-state index in [1.165, 1.54) is 0 Å². The maximum absolute atomic E-state index is 12.2. The largest absolute Gasteiger partial charge is 0.350 e. The van der Waals surface area contributed by atoms with Crippen molar-refractivity contribution in [3.8, 4) is 0 Å². The van der Waals surface area contributed by atoms with Gasteiger partial charge in [0.2, 0.25) is 0 Å². The molecule has 184 valence electrons. The first-order chi connectivity index (χ1) is 16.5. The Kier molecular flexibility index (Phi) is 10.1. The number of hydrogen-bond acceptors (Lipinski definition) is 6. The maximum Gasteiger partial charge on any atom is 0.329 e. The summed E-state index contributed by atoms with van der Waals surface area (Å²) in [5, 5.41) is 14.0. The van der Waals surface area contributed by atoms with Crippen LogP contribution in [-0.4, -0.2) is 84.5 Å². The van der Waals surface area contributed by atoms with Crippen molar-refractivity contribution in [2.24, 2.45) is 11.5 Å². The third-order valence-corrected chi connectivity index (χ3v) is 5.73. The van der Waals surface area contributed by atoms with Gasteiger partial charge in [-0.05, 0) is 11.1 Å². The van der Waals surface area contributed by atoms with Crippen LogP contribution in [0.25, 0.3) is 0 Å². The number of hydrazine groups is 2. The van der Waals surface area contributed by atoms with Crippen LogP contribution in [0.15, 0.2) is 60.7 Å². The molecule has 10 nitrogen and oxygen atoms in total. The second-order valence-electron chi connectivity index (χ2n) is 8.17. The summed E-state index contributed by atoms with van der Waals surface area (Å²) in [5.74, 6) is 0. The summed E-state index contributed by atoms with van der Waals surface area (Å²) in [7, 11) is 0. The Bertz CT molecular complexity index is 798. The first kappa shape index (κ1) is 25.4. The van der Waals surface area contributed by atoms with E-state index in [1.807, 2.05) is 70.7 Å². The smallest absolute Gasteiger partial charge is 0.329 e. The van der Waals surface area contributed by atoms with Gasteiger partial charge in [-0.2, -0.15) is 0 Å². The van der Waals surface area contributed by atoms with Crippen LogP contribution < -0.4 is 22.1 Å². The number of hydrogen-bond donors (Lipinski definition) is 4. The molecule has 10 heteroatoms. The lowest BCUT2D eigenvalue weighted by Crippen LogP contribution is -2.55. The Morgan fingerprint density at radius 3 is 1.26 bits per heavy atom. The normalized spacial score (nSPS) is 16.7. The van der Waals surface area contributed by atoms with Crippen LogP contribution in [0.4, 0.5) is 9.59 Å². The molecule has 0 radical (unpaired) electrons. The molecule has 1 saturated heterocycles. The molecule has 2 aromatic carbocycles. The van der Waals surface area contributed by atoms with Crippen LogP contribution in [-0.2, 0) is 13.1 Å². The summed E-state index contributed by atoms with van der Waals surface area (Å²) in [6, 6.07) is 18.7. The van der Waals surface area contributed by atoms with Crippen molar-refractivity contribution in [1.82, 2.24) is 30.7 Å². The summed E-state index contributed by atoms with van der Waals surface area (Å²) in [4.78, 5) is 24.4. The molecule has 2 aromatic rings. The third kappa shape index (κ3) is 7.99. The quantitative estimate of drug-likeness (QED) is 0.497. The zero-order valence-corrected chi connectivity index (χ0v) is 19.6. The molecule has 1 aliphatic rings. The van der Waals surface area contributed by atoms with E-state index in [9.17, 15) is 9.59 Å². The van der Waals surface area contributed by atoms with Crippen LogP contribution in [0.5, 0.6) is 0 Å². The van der Waals surface area contributed by atoms with Crippen molar-refractivity contribution < 1.29 is 9.59 Å². The van der Waals surface area contributed by atoms with E-state index in [2.05, 4.69) is 10.6 Å². The first-order valence-electron chi connectivity index (χ1n) is 11.7. The standard InChI is InChI=1S/C24H36N8O2/c25-23(33)31(19-21-7-3-1-4-8-21)29-15-11-27-13-17-30(18-14-28-12-16-29)32(24(26)34)20-22-9-5-2-6-10-22/h1-10,27-28H,11-20H2,(H2,25,33)(H2,26,34). The molecule has 1 fully saturated rings. The van der Waals surface area contributed by atoms with Crippen molar-refractivity contribution in [2.45, 2.75) is 13.1 Å². The molecule has 0 saturated carbocycles. The number of nitrogens with zero attached hydrogens (tertiary/aromatic N) is 4. The fraction of sp³-hybridized carbons (Fsp3) is 0.417. The fourth-order valence-electron chi connectivity index (χ4n) is 3.94. The molecule has 1 aliphatic heterocycles. The van der Waals surface area contributed by atoms with Gasteiger partial charge in [0.15, 0.2) is 0 Å².